The molecule has 1 N–H and O–H groups in total. The van der Waals surface area contributed by atoms with Crippen molar-refractivity contribution in [2.45, 2.75) is 6.92 Å². The summed E-state index contributed by atoms with van der Waals surface area (Å²) in [4.78, 5) is 49.6. The number of methoxy groups -OCH3 is 1. The molecule has 0 bridgehead atoms. The zero-order chi connectivity index (χ0) is 21.0. The Morgan fingerprint density at radius 3 is 2.45 bits per heavy atom. The van der Waals surface area contributed by atoms with Crippen LogP contribution in [0.1, 0.15) is 21.5 Å². The molecular weight excluding hydrogens is 392 g/mol. The molecule has 1 heterocycles. The molecular formula is C21H18N2O5S. The maximum atomic E-state index is 12.6. The lowest BCUT2D eigenvalue weighted by Crippen LogP contribution is -2.36. The van der Waals surface area contributed by atoms with Gasteiger partial charge in [-0.05, 0) is 54.1 Å². The molecule has 1 saturated heterocycles. The fraction of sp³-hybridized carbons (Fsp3) is 0.143. The van der Waals surface area contributed by atoms with Gasteiger partial charge in [0.25, 0.3) is 11.1 Å². The molecule has 29 heavy (non-hydrogen) atoms. The van der Waals surface area contributed by atoms with Gasteiger partial charge in [0.1, 0.15) is 6.54 Å². The molecule has 0 aromatic heterocycles. The number of aryl methyl sites for hydroxylation is 1. The second-order valence-corrected chi connectivity index (χ2v) is 7.24. The summed E-state index contributed by atoms with van der Waals surface area (Å²) in [6.07, 6.45) is 1.55. The van der Waals surface area contributed by atoms with E-state index in [1.807, 2.05) is 19.1 Å². The quantitative estimate of drug-likeness (QED) is 0.599. The number of carbonyl (C=O) groups is 4. The van der Waals surface area contributed by atoms with Crippen LogP contribution in [0.15, 0.2) is 53.4 Å². The molecule has 0 aliphatic carbocycles. The summed E-state index contributed by atoms with van der Waals surface area (Å²) in [5.74, 6) is -1.45. The number of rotatable bonds is 5. The van der Waals surface area contributed by atoms with Crippen LogP contribution < -0.4 is 5.32 Å². The van der Waals surface area contributed by atoms with E-state index in [0.29, 0.717) is 16.8 Å². The number of nitrogens with zero attached hydrogens (tertiary/aromatic N) is 1. The van der Waals surface area contributed by atoms with Gasteiger partial charge in [0.05, 0.1) is 17.6 Å². The van der Waals surface area contributed by atoms with Crippen molar-refractivity contribution in [1.29, 1.82) is 0 Å². The van der Waals surface area contributed by atoms with Gasteiger partial charge in [-0.15, -0.1) is 0 Å². The van der Waals surface area contributed by atoms with Gasteiger partial charge in [-0.1, -0.05) is 30.3 Å². The third kappa shape index (κ3) is 4.72. The van der Waals surface area contributed by atoms with Crippen LogP contribution in [0.3, 0.4) is 0 Å². The number of para-hydroxylation sites is 1. The normalized spacial score (nSPS) is 15.0. The lowest BCUT2D eigenvalue weighted by atomic mass is 10.1. The van der Waals surface area contributed by atoms with Gasteiger partial charge in [-0.25, -0.2) is 4.79 Å². The van der Waals surface area contributed by atoms with E-state index in [4.69, 9.17) is 0 Å². The second-order valence-electron chi connectivity index (χ2n) is 6.24. The first-order valence-electron chi connectivity index (χ1n) is 8.68. The maximum absolute atomic E-state index is 12.6. The fourth-order valence-corrected chi connectivity index (χ4v) is 3.51. The molecule has 8 heteroatoms. The van der Waals surface area contributed by atoms with Crippen molar-refractivity contribution in [2.24, 2.45) is 0 Å². The molecule has 7 nitrogen and oxygen atoms in total. The van der Waals surface area contributed by atoms with E-state index in [2.05, 4.69) is 10.1 Å². The summed E-state index contributed by atoms with van der Waals surface area (Å²) in [6.45, 7) is 1.49. The molecule has 1 aliphatic heterocycles. The lowest BCUT2D eigenvalue weighted by Gasteiger charge is -2.13. The number of hydrogen-bond acceptors (Lipinski definition) is 6. The van der Waals surface area contributed by atoms with Crippen LogP contribution in [-0.2, 0) is 14.3 Å². The Hall–Kier alpha value is -3.39. The predicted octanol–water partition coefficient (Wildman–Crippen LogP) is 3.46. The number of anilines is 1. The molecule has 2 aromatic carbocycles. The molecule has 2 aromatic rings. The van der Waals surface area contributed by atoms with Crippen molar-refractivity contribution in [3.63, 3.8) is 0 Å². The summed E-state index contributed by atoms with van der Waals surface area (Å²) in [5, 5.41) is 2.20. The van der Waals surface area contributed by atoms with Crippen LogP contribution in [0.5, 0.6) is 0 Å². The Morgan fingerprint density at radius 1 is 1.10 bits per heavy atom. The molecule has 148 valence electrons. The minimum atomic E-state index is -0.531. The average molecular weight is 410 g/mol. The summed E-state index contributed by atoms with van der Waals surface area (Å²) in [7, 11) is 1.29. The molecule has 0 atom stereocenters. The molecule has 0 radical (unpaired) electrons. The fourth-order valence-electron chi connectivity index (χ4n) is 2.67. The van der Waals surface area contributed by atoms with Crippen molar-refractivity contribution in [3.05, 3.63) is 70.1 Å². The van der Waals surface area contributed by atoms with Crippen molar-refractivity contribution >= 4 is 46.5 Å². The summed E-state index contributed by atoms with van der Waals surface area (Å²) < 4.78 is 4.64. The Balaban J connectivity index is 1.69. The third-order valence-electron chi connectivity index (χ3n) is 4.22. The van der Waals surface area contributed by atoms with E-state index in [9.17, 15) is 19.2 Å². The summed E-state index contributed by atoms with van der Waals surface area (Å²) >= 11 is 0.770. The van der Waals surface area contributed by atoms with Crippen LogP contribution >= 0.6 is 11.8 Å². The summed E-state index contributed by atoms with van der Waals surface area (Å²) in [5.41, 5.74) is 2.54. The highest BCUT2D eigenvalue weighted by molar-refractivity contribution is 8.18. The first kappa shape index (κ1) is 20.3. The first-order valence-corrected chi connectivity index (χ1v) is 9.50. The molecule has 0 unspecified atom stereocenters. The molecule has 3 amide bonds. The maximum Gasteiger partial charge on any atom is 0.337 e. The number of carbonyl (C=O) groups excluding carboxylic acids is 4. The average Bonchev–Trinajstić information content (AvgIpc) is 2.97. The van der Waals surface area contributed by atoms with Gasteiger partial charge in [-0.3, -0.25) is 19.3 Å². The Labute approximate surface area is 171 Å². The minimum Gasteiger partial charge on any atom is -0.465 e. The Kier molecular flexibility index (Phi) is 6.13. The number of nitrogens with one attached hydrogen (secondary N) is 1. The van der Waals surface area contributed by atoms with E-state index >= 15 is 0 Å². The van der Waals surface area contributed by atoms with E-state index < -0.39 is 23.0 Å². The number of benzene rings is 2. The predicted molar refractivity (Wildman–Crippen MR) is 110 cm³/mol. The summed E-state index contributed by atoms with van der Waals surface area (Å²) in [6, 6.07) is 13.7. The number of ether oxygens (including phenoxy) is 1. The minimum absolute atomic E-state index is 0.213. The second kappa shape index (κ2) is 8.74. The number of amides is 3. The standard InChI is InChI=1S/C21H18N2O5S/c1-13-5-3-4-6-16(13)22-18(24)12-23-19(25)17(29-21(23)27)11-14-7-9-15(10-8-14)20(26)28-2/h3-11H,12H2,1-2H3,(H,22,24)/b17-11+. The highest BCUT2D eigenvalue weighted by atomic mass is 32.2. The van der Waals surface area contributed by atoms with Crippen molar-refractivity contribution in [3.8, 4) is 0 Å². The molecule has 1 aliphatic rings. The monoisotopic (exact) mass is 410 g/mol. The van der Waals surface area contributed by atoms with E-state index in [1.54, 1.807) is 42.5 Å². The molecule has 0 saturated carbocycles. The van der Waals surface area contributed by atoms with Gasteiger partial charge in [0, 0.05) is 5.69 Å². The lowest BCUT2D eigenvalue weighted by molar-refractivity contribution is -0.127. The molecule has 0 spiro atoms. The highest BCUT2D eigenvalue weighted by Crippen LogP contribution is 2.32. The number of imide groups is 1. The molecule has 1 fully saturated rings. The van der Waals surface area contributed by atoms with E-state index in [-0.39, 0.29) is 11.4 Å². The molecule has 3 rings (SSSR count). The Morgan fingerprint density at radius 2 is 1.79 bits per heavy atom. The van der Waals surface area contributed by atoms with Crippen LogP contribution in [-0.4, -0.2) is 41.6 Å². The third-order valence-corrected chi connectivity index (χ3v) is 5.13. The van der Waals surface area contributed by atoms with Crippen molar-refractivity contribution in [1.82, 2.24) is 4.90 Å². The van der Waals surface area contributed by atoms with Crippen molar-refractivity contribution < 1.29 is 23.9 Å². The van der Waals surface area contributed by atoms with Crippen LogP contribution in [0, 0.1) is 6.92 Å². The van der Waals surface area contributed by atoms with Gasteiger partial charge < -0.3 is 10.1 Å². The first-order chi connectivity index (χ1) is 13.9. The highest BCUT2D eigenvalue weighted by Gasteiger charge is 2.36. The topological polar surface area (TPSA) is 92.8 Å². The van der Waals surface area contributed by atoms with E-state index in [0.717, 1.165) is 22.2 Å². The van der Waals surface area contributed by atoms with Gasteiger partial charge in [0.15, 0.2) is 0 Å². The van der Waals surface area contributed by atoms with Crippen LogP contribution in [0.25, 0.3) is 6.08 Å². The largest absolute Gasteiger partial charge is 0.465 e. The smallest absolute Gasteiger partial charge is 0.337 e. The van der Waals surface area contributed by atoms with Gasteiger partial charge in [-0.2, -0.15) is 0 Å². The SMILES string of the molecule is COC(=O)c1ccc(/C=C2/SC(=O)N(CC(=O)Nc3ccccc3C)C2=O)cc1. The van der Waals surface area contributed by atoms with E-state index in [1.165, 1.54) is 7.11 Å². The zero-order valence-electron chi connectivity index (χ0n) is 15.8. The van der Waals surface area contributed by atoms with Crippen molar-refractivity contribution in [2.75, 3.05) is 19.0 Å². The Bertz CT molecular complexity index is 1010. The number of thioether (sulfide) groups is 1. The number of hydrogen-bond donors (Lipinski definition) is 1. The van der Waals surface area contributed by atoms with Gasteiger partial charge >= 0.3 is 5.97 Å². The number of esters is 1. The van der Waals surface area contributed by atoms with Gasteiger partial charge in [0.2, 0.25) is 5.91 Å². The van der Waals surface area contributed by atoms with Crippen LogP contribution in [0.4, 0.5) is 10.5 Å². The van der Waals surface area contributed by atoms with Crippen LogP contribution in [0.2, 0.25) is 0 Å². The zero-order valence-corrected chi connectivity index (χ0v) is 16.6.